The lowest BCUT2D eigenvalue weighted by atomic mass is 10.1. The molecule has 0 aromatic carbocycles. The van der Waals surface area contributed by atoms with Gasteiger partial charge in [-0.2, -0.15) is 0 Å². The van der Waals surface area contributed by atoms with Gasteiger partial charge < -0.3 is 10.6 Å². The van der Waals surface area contributed by atoms with Crippen LogP contribution < -0.4 is 10.6 Å². The molecule has 122 valence electrons. The highest BCUT2D eigenvalue weighted by Crippen LogP contribution is 2.17. The molecule has 0 radical (unpaired) electrons. The van der Waals surface area contributed by atoms with E-state index in [2.05, 4.69) is 15.6 Å². The van der Waals surface area contributed by atoms with Crippen LogP contribution in [0.2, 0.25) is 0 Å². The molecule has 0 bridgehead atoms. The Labute approximate surface area is 133 Å². The Bertz CT molecular complexity index is 670. The Kier molecular flexibility index (Phi) is 5.14. The number of nitrogens with one attached hydrogen (secondary N) is 2. The highest BCUT2D eigenvalue weighted by molar-refractivity contribution is 7.88. The average molecular weight is 346 g/mol. The first-order valence-corrected chi connectivity index (χ1v) is 9.47. The summed E-state index contributed by atoms with van der Waals surface area (Å²) < 4.78 is 24.5. The Morgan fingerprint density at radius 1 is 1.45 bits per heavy atom. The first-order chi connectivity index (χ1) is 10.3. The van der Waals surface area contributed by atoms with Crippen molar-refractivity contribution in [3.63, 3.8) is 0 Å². The fourth-order valence-electron chi connectivity index (χ4n) is 2.21. The zero-order chi connectivity index (χ0) is 16.3. The number of anilines is 1. The number of aromatic nitrogens is 1. The highest BCUT2D eigenvalue weighted by Gasteiger charge is 2.27. The third-order valence-corrected chi connectivity index (χ3v) is 5.24. The van der Waals surface area contributed by atoms with Gasteiger partial charge in [-0.25, -0.2) is 17.7 Å². The number of sulfonamides is 1. The van der Waals surface area contributed by atoms with Gasteiger partial charge >= 0.3 is 0 Å². The van der Waals surface area contributed by atoms with Gasteiger partial charge in [-0.3, -0.25) is 9.59 Å². The van der Waals surface area contributed by atoms with Gasteiger partial charge in [-0.15, -0.1) is 11.3 Å². The van der Waals surface area contributed by atoms with Gasteiger partial charge in [-0.1, -0.05) is 0 Å². The Morgan fingerprint density at radius 2 is 2.18 bits per heavy atom. The standard InChI is InChI=1S/C12H18N4O4S2/c1-8(17)13-12-15-10(7-21-12)11(18)14-9-4-3-5-16(6-9)22(2,19)20/h7,9H,3-6H2,1-2H3,(H,14,18)(H,13,15,17)/t9-/m0/s1. The summed E-state index contributed by atoms with van der Waals surface area (Å²) in [5, 5.41) is 7.22. The summed E-state index contributed by atoms with van der Waals surface area (Å²) in [5.41, 5.74) is 0.213. The summed E-state index contributed by atoms with van der Waals surface area (Å²) in [7, 11) is -3.25. The van der Waals surface area contributed by atoms with E-state index in [9.17, 15) is 18.0 Å². The molecule has 8 nitrogen and oxygen atoms in total. The Morgan fingerprint density at radius 3 is 2.82 bits per heavy atom. The SMILES string of the molecule is CC(=O)Nc1nc(C(=O)N[C@H]2CCCN(S(C)(=O)=O)C2)cs1. The van der Waals surface area contributed by atoms with Crippen molar-refractivity contribution in [1.82, 2.24) is 14.6 Å². The lowest BCUT2D eigenvalue weighted by Gasteiger charge is -2.31. The molecule has 2 N–H and O–H groups in total. The van der Waals surface area contributed by atoms with Crippen LogP contribution in [0.1, 0.15) is 30.3 Å². The first-order valence-electron chi connectivity index (χ1n) is 6.75. The number of nitrogens with zero attached hydrogens (tertiary/aromatic N) is 2. The number of amides is 2. The summed E-state index contributed by atoms with van der Waals surface area (Å²) in [4.78, 5) is 27.1. The maximum Gasteiger partial charge on any atom is 0.271 e. The van der Waals surface area contributed by atoms with Crippen LogP contribution in [0.15, 0.2) is 5.38 Å². The van der Waals surface area contributed by atoms with Crippen LogP contribution >= 0.6 is 11.3 Å². The molecule has 1 aliphatic heterocycles. The molecule has 2 amide bonds. The lowest BCUT2D eigenvalue weighted by Crippen LogP contribution is -2.49. The van der Waals surface area contributed by atoms with E-state index in [1.54, 1.807) is 5.38 Å². The minimum Gasteiger partial charge on any atom is -0.347 e. The van der Waals surface area contributed by atoms with Crippen LogP contribution in [0.5, 0.6) is 0 Å². The van der Waals surface area contributed by atoms with Crippen LogP contribution in [0.25, 0.3) is 0 Å². The van der Waals surface area contributed by atoms with Crippen LogP contribution in [0, 0.1) is 0 Å². The minimum atomic E-state index is -3.25. The number of thiazole rings is 1. The molecule has 1 saturated heterocycles. The molecule has 1 aromatic rings. The Balaban J connectivity index is 1.96. The van der Waals surface area contributed by atoms with E-state index in [1.165, 1.54) is 11.2 Å². The lowest BCUT2D eigenvalue weighted by molar-refractivity contribution is -0.114. The van der Waals surface area contributed by atoms with Crippen molar-refractivity contribution < 1.29 is 18.0 Å². The predicted molar refractivity (Wildman–Crippen MR) is 83.3 cm³/mol. The maximum absolute atomic E-state index is 12.1. The number of carbonyl (C=O) groups excluding carboxylic acids is 2. The van der Waals surface area contributed by atoms with Crippen LogP contribution in [-0.4, -0.2) is 54.9 Å². The number of carbonyl (C=O) groups is 2. The zero-order valence-corrected chi connectivity index (χ0v) is 14.0. The van der Waals surface area contributed by atoms with Crippen molar-refractivity contribution in [1.29, 1.82) is 0 Å². The van der Waals surface area contributed by atoms with Crippen molar-refractivity contribution >= 4 is 38.3 Å². The van der Waals surface area contributed by atoms with Crippen molar-refractivity contribution in [3.8, 4) is 0 Å². The van der Waals surface area contributed by atoms with Crippen LogP contribution in [0.4, 0.5) is 5.13 Å². The van der Waals surface area contributed by atoms with Crippen molar-refractivity contribution in [2.45, 2.75) is 25.8 Å². The van der Waals surface area contributed by atoms with E-state index in [-0.39, 0.29) is 30.1 Å². The fourth-order valence-corrected chi connectivity index (χ4v) is 3.86. The molecule has 1 aliphatic rings. The van der Waals surface area contributed by atoms with Gasteiger partial charge in [0.2, 0.25) is 15.9 Å². The largest absolute Gasteiger partial charge is 0.347 e. The van der Waals surface area contributed by atoms with Gasteiger partial charge in [0.15, 0.2) is 5.13 Å². The molecular weight excluding hydrogens is 328 g/mol. The fraction of sp³-hybridized carbons (Fsp3) is 0.583. The summed E-state index contributed by atoms with van der Waals surface area (Å²) in [5.74, 6) is -0.620. The second kappa shape index (κ2) is 6.71. The quantitative estimate of drug-likeness (QED) is 0.813. The van der Waals surface area contributed by atoms with Gasteiger partial charge in [0.25, 0.3) is 5.91 Å². The average Bonchev–Trinajstić information content (AvgIpc) is 2.86. The Hall–Kier alpha value is -1.52. The van der Waals surface area contributed by atoms with Gasteiger partial charge in [-0.05, 0) is 12.8 Å². The topological polar surface area (TPSA) is 108 Å². The van der Waals surface area contributed by atoms with Crippen LogP contribution in [0.3, 0.4) is 0 Å². The highest BCUT2D eigenvalue weighted by atomic mass is 32.2. The summed E-state index contributed by atoms with van der Waals surface area (Å²) in [6, 6.07) is -0.234. The van der Waals surface area contributed by atoms with E-state index < -0.39 is 10.0 Å². The molecule has 1 aromatic heterocycles. The molecule has 1 fully saturated rings. The summed E-state index contributed by atoms with van der Waals surface area (Å²) in [6.07, 6.45) is 2.59. The molecular formula is C12H18N4O4S2. The van der Waals surface area contributed by atoms with Crippen molar-refractivity contribution in [2.75, 3.05) is 24.7 Å². The molecule has 2 rings (SSSR count). The van der Waals surface area contributed by atoms with E-state index in [0.29, 0.717) is 18.1 Å². The van der Waals surface area contributed by atoms with E-state index >= 15 is 0 Å². The van der Waals surface area contributed by atoms with Gasteiger partial charge in [0, 0.05) is 31.4 Å². The molecule has 2 heterocycles. The summed E-state index contributed by atoms with van der Waals surface area (Å²) in [6.45, 7) is 2.12. The van der Waals surface area contributed by atoms with E-state index in [1.807, 2.05) is 0 Å². The van der Waals surface area contributed by atoms with E-state index in [0.717, 1.165) is 24.0 Å². The third-order valence-electron chi connectivity index (χ3n) is 3.21. The van der Waals surface area contributed by atoms with Gasteiger partial charge in [0.05, 0.1) is 6.26 Å². The molecule has 0 unspecified atom stereocenters. The zero-order valence-electron chi connectivity index (χ0n) is 12.3. The minimum absolute atomic E-state index is 0.213. The second-order valence-corrected chi connectivity index (χ2v) is 7.99. The summed E-state index contributed by atoms with van der Waals surface area (Å²) >= 11 is 1.16. The number of hydrogen-bond donors (Lipinski definition) is 2. The number of piperidine rings is 1. The number of hydrogen-bond acceptors (Lipinski definition) is 6. The van der Waals surface area contributed by atoms with Crippen LogP contribution in [-0.2, 0) is 14.8 Å². The molecule has 22 heavy (non-hydrogen) atoms. The molecule has 0 spiro atoms. The third kappa shape index (κ3) is 4.49. The monoisotopic (exact) mass is 346 g/mol. The second-order valence-electron chi connectivity index (χ2n) is 5.15. The predicted octanol–water partition coefficient (Wildman–Crippen LogP) is 0.255. The van der Waals surface area contributed by atoms with Crippen molar-refractivity contribution in [3.05, 3.63) is 11.1 Å². The van der Waals surface area contributed by atoms with E-state index in [4.69, 9.17) is 0 Å². The molecule has 0 saturated carbocycles. The smallest absolute Gasteiger partial charge is 0.271 e. The molecule has 10 heteroatoms. The maximum atomic E-state index is 12.1. The first kappa shape index (κ1) is 16.8. The number of rotatable bonds is 4. The van der Waals surface area contributed by atoms with Gasteiger partial charge in [0.1, 0.15) is 5.69 Å². The normalized spacial score (nSPS) is 19.6. The molecule has 0 aliphatic carbocycles. The van der Waals surface area contributed by atoms with Crippen molar-refractivity contribution in [2.24, 2.45) is 0 Å². The molecule has 1 atom stereocenters.